The zero-order valence-electron chi connectivity index (χ0n) is 17.4. The highest BCUT2D eigenvalue weighted by atomic mass is 32.2. The third-order valence-corrected chi connectivity index (χ3v) is 5.80. The molecule has 0 saturated carbocycles. The van der Waals surface area contributed by atoms with Gasteiger partial charge in [-0.05, 0) is 48.7 Å². The minimum absolute atomic E-state index is 0.0671. The number of methoxy groups -OCH3 is 2. The van der Waals surface area contributed by atoms with E-state index in [2.05, 4.69) is 5.32 Å². The lowest BCUT2D eigenvalue weighted by Gasteiger charge is -2.16. The first kappa shape index (κ1) is 22.9. The van der Waals surface area contributed by atoms with Gasteiger partial charge in [0.2, 0.25) is 10.0 Å². The van der Waals surface area contributed by atoms with Crippen molar-refractivity contribution in [3.63, 3.8) is 0 Å². The van der Waals surface area contributed by atoms with Gasteiger partial charge >= 0.3 is 5.97 Å². The van der Waals surface area contributed by atoms with Crippen LogP contribution in [-0.2, 0) is 26.0 Å². The number of benzene rings is 2. The summed E-state index contributed by atoms with van der Waals surface area (Å²) in [6.07, 6.45) is 2.13. The second-order valence-corrected chi connectivity index (χ2v) is 8.59. The Labute approximate surface area is 181 Å². The molecule has 1 aliphatic heterocycles. The lowest BCUT2D eigenvalue weighted by atomic mass is 10.1. The van der Waals surface area contributed by atoms with Crippen molar-refractivity contribution in [2.45, 2.75) is 30.4 Å². The van der Waals surface area contributed by atoms with Crippen molar-refractivity contribution in [2.75, 3.05) is 32.8 Å². The number of ether oxygens (including phenoxy) is 4. The molecule has 1 aliphatic rings. The minimum Gasteiger partial charge on any atom is -0.493 e. The van der Waals surface area contributed by atoms with Gasteiger partial charge in [-0.2, -0.15) is 0 Å². The zero-order chi connectivity index (χ0) is 22.4. The average Bonchev–Trinajstić information content (AvgIpc) is 3.28. The predicted molar refractivity (Wildman–Crippen MR) is 114 cm³/mol. The SMILES string of the molecule is COC(=O)c1cc(S(N)(=O)=O)ccc1NCc1ccc(OCC2CCCO2)c(OC)c1. The average molecular weight is 451 g/mol. The summed E-state index contributed by atoms with van der Waals surface area (Å²) in [5.74, 6) is 0.521. The predicted octanol–water partition coefficient (Wildman–Crippen LogP) is 2.30. The molecule has 0 bridgehead atoms. The van der Waals surface area contributed by atoms with E-state index in [1.165, 1.54) is 25.3 Å². The van der Waals surface area contributed by atoms with Crippen LogP contribution < -0.4 is 19.9 Å². The Hall–Kier alpha value is -2.82. The Kier molecular flexibility index (Phi) is 7.37. The van der Waals surface area contributed by atoms with E-state index in [1.807, 2.05) is 18.2 Å². The van der Waals surface area contributed by atoms with Gasteiger partial charge in [-0.3, -0.25) is 0 Å². The molecule has 1 saturated heterocycles. The fourth-order valence-electron chi connectivity index (χ4n) is 3.23. The van der Waals surface area contributed by atoms with Crippen molar-refractivity contribution in [3.8, 4) is 11.5 Å². The summed E-state index contributed by atoms with van der Waals surface area (Å²) in [6.45, 7) is 1.58. The monoisotopic (exact) mass is 450 g/mol. The molecule has 1 fully saturated rings. The van der Waals surface area contributed by atoms with E-state index in [9.17, 15) is 13.2 Å². The molecule has 2 aromatic rings. The third kappa shape index (κ3) is 5.87. The molecule has 2 aromatic carbocycles. The Morgan fingerprint density at radius 3 is 2.65 bits per heavy atom. The highest BCUT2D eigenvalue weighted by Gasteiger charge is 2.19. The number of carbonyl (C=O) groups excluding carboxylic acids is 1. The van der Waals surface area contributed by atoms with E-state index in [1.54, 1.807) is 7.11 Å². The Bertz CT molecular complexity index is 1030. The maximum atomic E-state index is 12.1. The van der Waals surface area contributed by atoms with Crippen LogP contribution in [0.1, 0.15) is 28.8 Å². The number of anilines is 1. The van der Waals surface area contributed by atoms with E-state index in [0.717, 1.165) is 25.0 Å². The number of carbonyl (C=O) groups is 1. The Morgan fingerprint density at radius 1 is 1.19 bits per heavy atom. The van der Waals surface area contributed by atoms with Crippen LogP contribution in [-0.4, -0.2) is 47.9 Å². The molecule has 0 amide bonds. The van der Waals surface area contributed by atoms with Crippen LogP contribution >= 0.6 is 0 Å². The molecule has 1 unspecified atom stereocenters. The smallest absolute Gasteiger partial charge is 0.340 e. The normalized spacial score (nSPS) is 16.0. The van der Waals surface area contributed by atoms with Crippen LogP contribution in [0.2, 0.25) is 0 Å². The van der Waals surface area contributed by atoms with Gasteiger partial charge in [-0.1, -0.05) is 6.07 Å². The fourth-order valence-corrected chi connectivity index (χ4v) is 3.77. The van der Waals surface area contributed by atoms with E-state index in [4.69, 9.17) is 24.1 Å². The lowest BCUT2D eigenvalue weighted by Crippen LogP contribution is -2.16. The number of sulfonamides is 1. The van der Waals surface area contributed by atoms with E-state index in [-0.39, 0.29) is 16.6 Å². The second kappa shape index (κ2) is 9.99. The van der Waals surface area contributed by atoms with E-state index < -0.39 is 16.0 Å². The van der Waals surface area contributed by atoms with Gasteiger partial charge in [0.15, 0.2) is 11.5 Å². The molecule has 1 heterocycles. The van der Waals surface area contributed by atoms with Crippen LogP contribution in [0.25, 0.3) is 0 Å². The molecular weight excluding hydrogens is 424 g/mol. The van der Waals surface area contributed by atoms with Crippen LogP contribution in [0.3, 0.4) is 0 Å². The molecule has 9 nitrogen and oxygen atoms in total. The first-order valence-corrected chi connectivity index (χ1v) is 11.3. The van der Waals surface area contributed by atoms with Gasteiger partial charge in [0, 0.05) is 18.8 Å². The van der Waals surface area contributed by atoms with Gasteiger partial charge in [0.05, 0.1) is 30.8 Å². The molecule has 3 N–H and O–H groups in total. The quantitative estimate of drug-likeness (QED) is 0.558. The highest BCUT2D eigenvalue weighted by Crippen LogP contribution is 2.30. The standard InChI is InChI=1S/C21H26N2O7S/c1-27-20-10-14(5-8-19(20)30-13-15-4-3-9-29-15)12-23-18-7-6-16(31(22,25)26)11-17(18)21(24)28-2/h5-8,10-11,15,23H,3-4,9,12-13H2,1-2H3,(H2,22,25,26). The summed E-state index contributed by atoms with van der Waals surface area (Å²) in [5, 5.41) is 8.28. The number of hydrogen-bond donors (Lipinski definition) is 2. The van der Waals surface area contributed by atoms with Gasteiger partial charge in [0.1, 0.15) is 6.61 Å². The maximum absolute atomic E-state index is 12.1. The molecule has 168 valence electrons. The highest BCUT2D eigenvalue weighted by molar-refractivity contribution is 7.89. The summed E-state index contributed by atoms with van der Waals surface area (Å²) in [6, 6.07) is 9.50. The largest absolute Gasteiger partial charge is 0.493 e. The zero-order valence-corrected chi connectivity index (χ0v) is 18.2. The molecular formula is C21H26N2O7S. The molecule has 0 radical (unpaired) electrons. The molecule has 1 atom stereocenters. The first-order chi connectivity index (χ1) is 14.8. The van der Waals surface area contributed by atoms with Gasteiger partial charge in [-0.15, -0.1) is 0 Å². The summed E-state index contributed by atoms with van der Waals surface area (Å²) in [7, 11) is -1.17. The molecule has 0 aliphatic carbocycles. The van der Waals surface area contributed by atoms with Crippen molar-refractivity contribution in [2.24, 2.45) is 5.14 Å². The Balaban J connectivity index is 1.73. The van der Waals surface area contributed by atoms with Crippen molar-refractivity contribution in [1.29, 1.82) is 0 Å². The third-order valence-electron chi connectivity index (χ3n) is 4.88. The number of hydrogen-bond acceptors (Lipinski definition) is 8. The topological polar surface area (TPSA) is 126 Å². The summed E-state index contributed by atoms with van der Waals surface area (Å²) in [5.41, 5.74) is 1.35. The minimum atomic E-state index is -3.95. The summed E-state index contributed by atoms with van der Waals surface area (Å²) in [4.78, 5) is 11.9. The molecule has 10 heteroatoms. The number of esters is 1. The van der Waals surface area contributed by atoms with Gasteiger partial charge in [-0.25, -0.2) is 18.4 Å². The number of primary sulfonamides is 1. The number of nitrogens with one attached hydrogen (secondary N) is 1. The lowest BCUT2D eigenvalue weighted by molar-refractivity contribution is 0.0601. The maximum Gasteiger partial charge on any atom is 0.340 e. The molecule has 0 aromatic heterocycles. The van der Waals surface area contributed by atoms with Crippen LogP contribution in [0.5, 0.6) is 11.5 Å². The summed E-state index contributed by atoms with van der Waals surface area (Å²) < 4.78 is 44.8. The Morgan fingerprint density at radius 2 is 2.00 bits per heavy atom. The summed E-state index contributed by atoms with van der Waals surface area (Å²) >= 11 is 0. The fraction of sp³-hybridized carbons (Fsp3) is 0.381. The van der Waals surface area contributed by atoms with Crippen LogP contribution in [0.4, 0.5) is 5.69 Å². The number of nitrogens with two attached hydrogens (primary N) is 1. The van der Waals surface area contributed by atoms with Crippen LogP contribution in [0, 0.1) is 0 Å². The molecule has 31 heavy (non-hydrogen) atoms. The van der Waals surface area contributed by atoms with E-state index >= 15 is 0 Å². The molecule has 3 rings (SSSR count). The van der Waals surface area contributed by atoms with Gasteiger partial charge < -0.3 is 24.3 Å². The van der Waals surface area contributed by atoms with Crippen molar-refractivity contribution >= 4 is 21.7 Å². The van der Waals surface area contributed by atoms with Crippen molar-refractivity contribution in [1.82, 2.24) is 0 Å². The van der Waals surface area contributed by atoms with E-state index in [0.29, 0.717) is 30.3 Å². The van der Waals surface area contributed by atoms with Crippen molar-refractivity contribution < 1.29 is 32.2 Å². The molecule has 0 spiro atoms. The second-order valence-electron chi connectivity index (χ2n) is 7.03. The van der Waals surface area contributed by atoms with Crippen LogP contribution in [0.15, 0.2) is 41.3 Å². The number of rotatable bonds is 9. The van der Waals surface area contributed by atoms with Gasteiger partial charge in [0.25, 0.3) is 0 Å². The van der Waals surface area contributed by atoms with Crippen molar-refractivity contribution in [3.05, 3.63) is 47.5 Å². The first-order valence-electron chi connectivity index (χ1n) is 9.72.